The van der Waals surface area contributed by atoms with Crippen molar-refractivity contribution in [1.29, 1.82) is 0 Å². The third-order valence-corrected chi connectivity index (χ3v) is 5.07. The van der Waals surface area contributed by atoms with Crippen molar-refractivity contribution in [2.24, 2.45) is 0 Å². The van der Waals surface area contributed by atoms with Crippen LogP contribution < -0.4 is 15.5 Å². The number of piperazine rings is 1. The summed E-state index contributed by atoms with van der Waals surface area (Å²) < 4.78 is 0. The molecule has 0 aliphatic carbocycles. The molecule has 0 radical (unpaired) electrons. The van der Waals surface area contributed by atoms with Gasteiger partial charge in [-0.25, -0.2) is 0 Å². The van der Waals surface area contributed by atoms with Crippen molar-refractivity contribution in [2.75, 3.05) is 42.9 Å². The van der Waals surface area contributed by atoms with Gasteiger partial charge >= 0.3 is 0 Å². The second kappa shape index (κ2) is 8.20. The maximum Gasteiger partial charge on any atom is 0.272 e. The first-order chi connectivity index (χ1) is 13.7. The number of hydrogen-bond acceptors (Lipinski definition) is 7. The van der Waals surface area contributed by atoms with E-state index < -0.39 is 0 Å². The van der Waals surface area contributed by atoms with E-state index in [9.17, 15) is 9.59 Å². The van der Waals surface area contributed by atoms with Crippen LogP contribution in [0.25, 0.3) is 0 Å². The topological polar surface area (TPSA) is 103 Å². The van der Waals surface area contributed by atoms with Crippen molar-refractivity contribution >= 4 is 23.3 Å². The zero-order valence-electron chi connectivity index (χ0n) is 15.5. The first-order valence-electron chi connectivity index (χ1n) is 9.50. The quantitative estimate of drug-likeness (QED) is 0.796. The number of rotatable bonds is 4. The zero-order chi connectivity index (χ0) is 19.3. The molecule has 2 amide bonds. The van der Waals surface area contributed by atoms with Gasteiger partial charge in [-0.15, -0.1) is 5.10 Å². The molecule has 2 aliphatic rings. The van der Waals surface area contributed by atoms with Crippen LogP contribution in [0.1, 0.15) is 23.3 Å². The molecule has 0 saturated carbocycles. The molecule has 2 fully saturated rings. The first kappa shape index (κ1) is 18.1. The molecule has 9 nitrogen and oxygen atoms in total. The van der Waals surface area contributed by atoms with E-state index in [0.29, 0.717) is 31.9 Å². The van der Waals surface area contributed by atoms with Gasteiger partial charge < -0.3 is 20.4 Å². The van der Waals surface area contributed by atoms with Crippen molar-refractivity contribution < 1.29 is 9.59 Å². The highest BCUT2D eigenvalue weighted by Crippen LogP contribution is 2.19. The Morgan fingerprint density at radius 1 is 1.18 bits per heavy atom. The van der Waals surface area contributed by atoms with E-state index in [4.69, 9.17) is 0 Å². The van der Waals surface area contributed by atoms with Crippen molar-refractivity contribution in [2.45, 2.75) is 18.9 Å². The summed E-state index contributed by atoms with van der Waals surface area (Å²) in [7, 11) is 0. The average molecular weight is 381 g/mol. The second-order valence-electron chi connectivity index (χ2n) is 6.99. The second-order valence-corrected chi connectivity index (χ2v) is 6.99. The third kappa shape index (κ3) is 4.19. The minimum atomic E-state index is -0.0683. The summed E-state index contributed by atoms with van der Waals surface area (Å²) in [4.78, 5) is 32.6. The van der Waals surface area contributed by atoms with E-state index in [1.807, 2.05) is 28.0 Å². The van der Waals surface area contributed by atoms with Gasteiger partial charge in [0.1, 0.15) is 11.5 Å². The maximum absolute atomic E-state index is 12.9. The molecule has 9 heteroatoms. The highest BCUT2D eigenvalue weighted by molar-refractivity contribution is 5.93. The van der Waals surface area contributed by atoms with Crippen LogP contribution in [-0.4, -0.2) is 70.7 Å². The highest BCUT2D eigenvalue weighted by Gasteiger charge is 2.25. The fourth-order valence-corrected chi connectivity index (χ4v) is 3.57. The molecule has 146 valence electrons. The summed E-state index contributed by atoms with van der Waals surface area (Å²) in [6, 6.07) is 7.63. The number of hydrogen-bond donors (Lipinski definition) is 2. The van der Waals surface area contributed by atoms with Gasteiger partial charge in [-0.1, -0.05) is 0 Å². The van der Waals surface area contributed by atoms with Gasteiger partial charge in [0.15, 0.2) is 0 Å². The predicted molar refractivity (Wildman–Crippen MR) is 104 cm³/mol. The van der Waals surface area contributed by atoms with Crippen molar-refractivity contribution in [3.05, 3.63) is 42.4 Å². The lowest BCUT2D eigenvalue weighted by Gasteiger charge is -2.32. The van der Waals surface area contributed by atoms with Gasteiger partial charge in [0.05, 0.1) is 6.54 Å². The van der Waals surface area contributed by atoms with E-state index in [1.165, 1.54) is 0 Å². The van der Waals surface area contributed by atoms with Gasteiger partial charge in [0.2, 0.25) is 5.91 Å². The minimum absolute atomic E-state index is 0.00591. The lowest BCUT2D eigenvalue weighted by atomic mass is 10.0. The monoisotopic (exact) mass is 381 g/mol. The van der Waals surface area contributed by atoms with Crippen LogP contribution in [0.3, 0.4) is 0 Å². The Hall–Kier alpha value is -3.23. The summed E-state index contributed by atoms with van der Waals surface area (Å²) in [5, 5.41) is 14.1. The molecule has 0 aromatic carbocycles. The van der Waals surface area contributed by atoms with Gasteiger partial charge in [-0.05, 0) is 37.1 Å². The summed E-state index contributed by atoms with van der Waals surface area (Å²) in [5.41, 5.74) is 1.27. The Labute approximate surface area is 163 Å². The first-order valence-corrected chi connectivity index (χ1v) is 9.50. The number of piperidine rings is 1. The molecule has 4 rings (SSSR count). The van der Waals surface area contributed by atoms with E-state index in [-0.39, 0.29) is 17.9 Å². The van der Waals surface area contributed by atoms with Crippen LogP contribution in [0.5, 0.6) is 0 Å². The fourth-order valence-electron chi connectivity index (χ4n) is 3.57. The number of carbonyl (C=O) groups is 2. The van der Waals surface area contributed by atoms with E-state index in [0.717, 1.165) is 30.9 Å². The SMILES string of the molecule is O=C1CN(c2ccnc(C(=O)N3CCC(Nc4cccnn4)CC3)c2)CCN1. The average Bonchev–Trinajstić information content (AvgIpc) is 2.75. The highest BCUT2D eigenvalue weighted by atomic mass is 16.2. The Balaban J connectivity index is 1.36. The van der Waals surface area contributed by atoms with Gasteiger partial charge in [0.25, 0.3) is 5.91 Å². The van der Waals surface area contributed by atoms with Crippen molar-refractivity contribution in [1.82, 2.24) is 25.4 Å². The number of pyridine rings is 1. The van der Waals surface area contributed by atoms with E-state index >= 15 is 0 Å². The molecule has 0 unspecified atom stereocenters. The Morgan fingerprint density at radius 2 is 2.04 bits per heavy atom. The Morgan fingerprint density at radius 3 is 2.79 bits per heavy atom. The summed E-state index contributed by atoms with van der Waals surface area (Å²) in [5.74, 6) is 0.682. The molecule has 2 aromatic heterocycles. The number of nitrogens with one attached hydrogen (secondary N) is 2. The van der Waals surface area contributed by atoms with Crippen molar-refractivity contribution in [3.63, 3.8) is 0 Å². The summed E-state index contributed by atoms with van der Waals surface area (Å²) in [6.07, 6.45) is 4.96. The van der Waals surface area contributed by atoms with Crippen molar-refractivity contribution in [3.8, 4) is 0 Å². The number of likely N-dealkylation sites (tertiary alicyclic amines) is 1. The van der Waals surface area contributed by atoms with Crippen LogP contribution in [0, 0.1) is 0 Å². The molecule has 2 aliphatic heterocycles. The van der Waals surface area contributed by atoms with Crippen LogP contribution in [0.15, 0.2) is 36.7 Å². The van der Waals surface area contributed by atoms with Crippen LogP contribution in [0.2, 0.25) is 0 Å². The third-order valence-electron chi connectivity index (χ3n) is 5.07. The molecular formula is C19H23N7O2. The smallest absolute Gasteiger partial charge is 0.272 e. The Kier molecular flexibility index (Phi) is 5.31. The number of carbonyl (C=O) groups excluding carboxylic acids is 2. The molecule has 2 saturated heterocycles. The van der Waals surface area contributed by atoms with E-state index in [2.05, 4.69) is 25.8 Å². The number of aromatic nitrogens is 3. The summed E-state index contributed by atoms with van der Waals surface area (Å²) in [6.45, 7) is 2.96. The molecule has 2 N–H and O–H groups in total. The van der Waals surface area contributed by atoms with Gasteiger partial charge in [0, 0.05) is 50.3 Å². The maximum atomic E-state index is 12.9. The predicted octanol–water partition coefficient (Wildman–Crippen LogP) is 0.525. The normalized spacial score (nSPS) is 17.9. The largest absolute Gasteiger partial charge is 0.366 e. The fraction of sp³-hybridized carbons (Fsp3) is 0.421. The molecule has 28 heavy (non-hydrogen) atoms. The molecule has 2 aromatic rings. The number of nitrogens with zero attached hydrogens (tertiary/aromatic N) is 5. The molecule has 0 spiro atoms. The molecule has 4 heterocycles. The minimum Gasteiger partial charge on any atom is -0.366 e. The van der Waals surface area contributed by atoms with Gasteiger partial charge in [-0.3, -0.25) is 14.6 Å². The van der Waals surface area contributed by atoms with Crippen LogP contribution in [0.4, 0.5) is 11.5 Å². The molecule has 0 atom stereocenters. The van der Waals surface area contributed by atoms with Crippen LogP contribution >= 0.6 is 0 Å². The Bertz CT molecular complexity index is 837. The lowest BCUT2D eigenvalue weighted by Crippen LogP contribution is -2.47. The molecular weight excluding hydrogens is 358 g/mol. The number of anilines is 2. The van der Waals surface area contributed by atoms with Gasteiger partial charge in [-0.2, -0.15) is 5.10 Å². The number of amides is 2. The molecule has 0 bridgehead atoms. The zero-order valence-corrected chi connectivity index (χ0v) is 15.5. The summed E-state index contributed by atoms with van der Waals surface area (Å²) >= 11 is 0. The standard InChI is InChI=1S/C19H23N7O2/c27-18-13-26(11-8-21-18)15-3-7-20-16(12-15)19(28)25-9-4-14(5-10-25)23-17-2-1-6-22-24-17/h1-3,6-7,12,14H,4-5,8-11,13H2,(H,21,27)(H,23,24). The lowest BCUT2D eigenvalue weighted by molar-refractivity contribution is -0.120. The van der Waals surface area contributed by atoms with E-state index in [1.54, 1.807) is 18.5 Å². The van der Waals surface area contributed by atoms with Crippen LogP contribution in [-0.2, 0) is 4.79 Å².